The number of benzene rings is 1. The van der Waals surface area contributed by atoms with Gasteiger partial charge in [-0.3, -0.25) is 9.78 Å². The van der Waals surface area contributed by atoms with E-state index in [1.807, 2.05) is 0 Å². The van der Waals surface area contributed by atoms with Crippen LogP contribution in [0.4, 0.5) is 5.69 Å². The van der Waals surface area contributed by atoms with E-state index >= 15 is 0 Å². The topological polar surface area (TPSA) is 101 Å². The molecule has 0 aliphatic rings. The molecule has 0 saturated carbocycles. The van der Waals surface area contributed by atoms with Crippen molar-refractivity contribution in [2.24, 2.45) is 0 Å². The van der Waals surface area contributed by atoms with Gasteiger partial charge in [0.15, 0.2) is 0 Å². The highest BCUT2D eigenvalue weighted by molar-refractivity contribution is 7.89. The summed E-state index contributed by atoms with van der Waals surface area (Å²) in [6, 6.07) is 4.66. The zero-order valence-electron chi connectivity index (χ0n) is 12.4. The number of aromatic nitrogens is 2. The number of carbonyl (C=O) groups is 1. The van der Waals surface area contributed by atoms with Crippen LogP contribution in [0.25, 0.3) is 0 Å². The van der Waals surface area contributed by atoms with Gasteiger partial charge in [0.1, 0.15) is 5.69 Å². The van der Waals surface area contributed by atoms with E-state index in [-0.39, 0.29) is 10.6 Å². The number of nitrogens with one attached hydrogen (secondary N) is 2. The average Bonchev–Trinajstić information content (AvgIpc) is 2.49. The van der Waals surface area contributed by atoms with Crippen molar-refractivity contribution in [3.05, 3.63) is 47.5 Å². The molecule has 0 unspecified atom stereocenters. The van der Waals surface area contributed by atoms with Crippen molar-refractivity contribution in [3.63, 3.8) is 0 Å². The molecule has 1 aromatic carbocycles. The average molecular weight is 320 g/mol. The highest BCUT2D eigenvalue weighted by atomic mass is 32.2. The second-order valence-electron chi connectivity index (χ2n) is 4.68. The zero-order chi connectivity index (χ0) is 16.3. The fraction of sp³-hybridized carbons (Fsp3) is 0.214. The first-order valence-electron chi connectivity index (χ1n) is 6.47. The smallest absolute Gasteiger partial charge is 0.275 e. The Morgan fingerprint density at radius 3 is 2.45 bits per heavy atom. The summed E-state index contributed by atoms with van der Waals surface area (Å²) < 4.78 is 26.1. The number of amides is 1. The molecule has 8 heteroatoms. The number of rotatable bonds is 4. The summed E-state index contributed by atoms with van der Waals surface area (Å²) >= 11 is 0. The van der Waals surface area contributed by atoms with Gasteiger partial charge in [0.2, 0.25) is 10.0 Å². The minimum atomic E-state index is -3.59. The van der Waals surface area contributed by atoms with Gasteiger partial charge in [-0.2, -0.15) is 0 Å². The fourth-order valence-corrected chi connectivity index (χ4v) is 2.78. The van der Waals surface area contributed by atoms with Crippen LogP contribution in [0, 0.1) is 13.8 Å². The summed E-state index contributed by atoms with van der Waals surface area (Å²) in [4.78, 5) is 20.1. The van der Waals surface area contributed by atoms with Crippen molar-refractivity contribution < 1.29 is 13.2 Å². The standard InChI is InChI=1S/C14H16N4O3S/c1-9-4-5-11(6-13(9)22(20,21)15-3)18-14(19)12-8-16-10(2)7-17-12/h4-8,15H,1-3H3,(H,18,19). The number of nitrogens with zero attached hydrogens (tertiary/aromatic N) is 2. The molecule has 0 spiro atoms. The van der Waals surface area contributed by atoms with Crippen molar-refractivity contribution in [1.29, 1.82) is 0 Å². The third-order valence-electron chi connectivity index (χ3n) is 3.02. The quantitative estimate of drug-likeness (QED) is 0.883. The van der Waals surface area contributed by atoms with Gasteiger partial charge in [-0.05, 0) is 38.6 Å². The van der Waals surface area contributed by atoms with Gasteiger partial charge in [-0.1, -0.05) is 6.07 Å². The lowest BCUT2D eigenvalue weighted by molar-refractivity contribution is 0.102. The Hall–Kier alpha value is -2.32. The molecule has 1 amide bonds. The van der Waals surface area contributed by atoms with Gasteiger partial charge in [-0.25, -0.2) is 18.1 Å². The fourth-order valence-electron chi connectivity index (χ4n) is 1.78. The lowest BCUT2D eigenvalue weighted by atomic mass is 10.2. The van der Waals surface area contributed by atoms with E-state index in [4.69, 9.17) is 0 Å². The maximum absolute atomic E-state index is 12.1. The largest absolute Gasteiger partial charge is 0.321 e. The van der Waals surface area contributed by atoms with Crippen LogP contribution in [0.3, 0.4) is 0 Å². The predicted octanol–water partition coefficient (Wildman–Crippen LogP) is 1.25. The number of hydrogen-bond donors (Lipinski definition) is 2. The van der Waals surface area contributed by atoms with Crippen LogP contribution in [0.15, 0.2) is 35.5 Å². The Morgan fingerprint density at radius 2 is 1.86 bits per heavy atom. The van der Waals surface area contributed by atoms with Crippen LogP contribution in [-0.2, 0) is 10.0 Å². The Kier molecular flexibility index (Phi) is 4.53. The molecule has 2 N–H and O–H groups in total. The monoisotopic (exact) mass is 320 g/mol. The molecule has 7 nitrogen and oxygen atoms in total. The van der Waals surface area contributed by atoms with Crippen molar-refractivity contribution in [1.82, 2.24) is 14.7 Å². The van der Waals surface area contributed by atoms with Crippen LogP contribution in [0.1, 0.15) is 21.7 Å². The van der Waals surface area contributed by atoms with Gasteiger partial charge < -0.3 is 5.32 Å². The van der Waals surface area contributed by atoms with E-state index < -0.39 is 15.9 Å². The third kappa shape index (κ3) is 3.46. The molecule has 1 heterocycles. The number of carbonyl (C=O) groups excluding carboxylic acids is 1. The summed E-state index contributed by atoms with van der Waals surface area (Å²) in [5.41, 5.74) is 1.81. The Labute approximate surface area is 128 Å². The van der Waals surface area contributed by atoms with Gasteiger partial charge in [0.25, 0.3) is 5.91 Å². The Morgan fingerprint density at radius 1 is 1.14 bits per heavy atom. The van der Waals surface area contributed by atoms with E-state index in [1.54, 1.807) is 26.0 Å². The van der Waals surface area contributed by atoms with Crippen molar-refractivity contribution in [2.45, 2.75) is 18.7 Å². The lowest BCUT2D eigenvalue weighted by Crippen LogP contribution is -2.20. The van der Waals surface area contributed by atoms with Crippen molar-refractivity contribution in [3.8, 4) is 0 Å². The van der Waals surface area contributed by atoms with Crippen LogP contribution in [-0.4, -0.2) is 31.3 Å². The molecule has 116 valence electrons. The molecule has 1 aromatic heterocycles. The van der Waals surface area contributed by atoms with Crippen molar-refractivity contribution in [2.75, 3.05) is 12.4 Å². The van der Waals surface area contributed by atoms with Crippen LogP contribution >= 0.6 is 0 Å². The van der Waals surface area contributed by atoms with Gasteiger partial charge in [-0.15, -0.1) is 0 Å². The predicted molar refractivity (Wildman–Crippen MR) is 82.1 cm³/mol. The van der Waals surface area contributed by atoms with Crippen LogP contribution < -0.4 is 10.0 Å². The van der Waals surface area contributed by atoms with E-state index in [9.17, 15) is 13.2 Å². The van der Waals surface area contributed by atoms with Crippen LogP contribution in [0.2, 0.25) is 0 Å². The van der Waals surface area contributed by atoms with E-state index in [1.165, 1.54) is 25.5 Å². The number of hydrogen-bond acceptors (Lipinski definition) is 5. The number of anilines is 1. The number of sulfonamides is 1. The normalized spacial score (nSPS) is 11.2. The number of aryl methyl sites for hydroxylation is 2. The molecule has 0 aliphatic heterocycles. The summed E-state index contributed by atoms with van der Waals surface area (Å²) in [7, 11) is -2.25. The second kappa shape index (κ2) is 6.20. The summed E-state index contributed by atoms with van der Waals surface area (Å²) in [6.07, 6.45) is 2.85. The maximum Gasteiger partial charge on any atom is 0.275 e. The molecule has 0 fully saturated rings. The molecule has 0 bridgehead atoms. The maximum atomic E-state index is 12.1. The summed E-state index contributed by atoms with van der Waals surface area (Å²) in [5, 5.41) is 2.61. The lowest BCUT2D eigenvalue weighted by Gasteiger charge is -2.10. The van der Waals surface area contributed by atoms with Gasteiger partial charge in [0.05, 0.1) is 16.8 Å². The second-order valence-corrected chi connectivity index (χ2v) is 6.54. The SMILES string of the molecule is CNS(=O)(=O)c1cc(NC(=O)c2cnc(C)cn2)ccc1C. The molecular weight excluding hydrogens is 304 g/mol. The molecule has 0 atom stereocenters. The molecule has 2 aromatic rings. The molecule has 0 radical (unpaired) electrons. The van der Waals surface area contributed by atoms with E-state index in [0.717, 1.165) is 0 Å². The minimum Gasteiger partial charge on any atom is -0.321 e. The van der Waals surface area contributed by atoms with Gasteiger partial charge >= 0.3 is 0 Å². The first-order chi connectivity index (χ1) is 10.3. The summed E-state index contributed by atoms with van der Waals surface area (Å²) in [5.74, 6) is -0.454. The summed E-state index contributed by atoms with van der Waals surface area (Å²) in [6.45, 7) is 3.45. The highest BCUT2D eigenvalue weighted by Gasteiger charge is 2.16. The van der Waals surface area contributed by atoms with Crippen LogP contribution in [0.5, 0.6) is 0 Å². The molecule has 0 aliphatic carbocycles. The first kappa shape index (κ1) is 16.1. The molecular formula is C14H16N4O3S. The van der Waals surface area contributed by atoms with E-state index in [0.29, 0.717) is 16.9 Å². The van der Waals surface area contributed by atoms with E-state index in [2.05, 4.69) is 20.0 Å². The van der Waals surface area contributed by atoms with Gasteiger partial charge in [0, 0.05) is 11.9 Å². The minimum absolute atomic E-state index is 0.114. The Bertz CT molecular complexity index is 801. The highest BCUT2D eigenvalue weighted by Crippen LogP contribution is 2.20. The molecule has 0 saturated heterocycles. The Balaban J connectivity index is 2.29. The third-order valence-corrected chi connectivity index (χ3v) is 4.57. The van der Waals surface area contributed by atoms with Crippen molar-refractivity contribution >= 4 is 21.6 Å². The first-order valence-corrected chi connectivity index (χ1v) is 7.96. The molecule has 2 rings (SSSR count). The zero-order valence-corrected chi connectivity index (χ0v) is 13.2. The molecule has 22 heavy (non-hydrogen) atoms.